The molecule has 0 saturated carbocycles. The van der Waals surface area contributed by atoms with Gasteiger partial charge < -0.3 is 9.47 Å². The fourth-order valence-electron chi connectivity index (χ4n) is 2.96. The molecule has 30 heavy (non-hydrogen) atoms. The molecule has 0 aliphatic carbocycles. The van der Waals surface area contributed by atoms with Gasteiger partial charge in [0.05, 0.1) is 30.3 Å². The van der Waals surface area contributed by atoms with E-state index >= 15 is 0 Å². The number of benzene rings is 2. The van der Waals surface area contributed by atoms with Gasteiger partial charge in [0.15, 0.2) is 5.78 Å². The number of sulfonamides is 1. The average Bonchev–Trinajstić information content (AvgIpc) is 2.77. The van der Waals surface area contributed by atoms with Crippen molar-refractivity contribution in [2.75, 3.05) is 32.9 Å². The van der Waals surface area contributed by atoms with Crippen LogP contribution in [0.25, 0.3) is 0 Å². The lowest BCUT2D eigenvalue weighted by Crippen LogP contribution is -2.40. The van der Waals surface area contributed by atoms with Crippen LogP contribution in [0.4, 0.5) is 4.39 Å². The summed E-state index contributed by atoms with van der Waals surface area (Å²) in [5.74, 6) is -1.17. The Kier molecular flexibility index (Phi) is 7.30. The summed E-state index contributed by atoms with van der Waals surface area (Å²) in [6.07, 6.45) is 0.487. The molecule has 0 N–H and O–H groups in total. The minimum Gasteiger partial charge on any atom is -0.462 e. The maximum Gasteiger partial charge on any atom is 0.338 e. The number of ketones is 1. The maximum absolute atomic E-state index is 12.9. The third kappa shape index (κ3) is 5.50. The van der Waals surface area contributed by atoms with E-state index in [1.54, 1.807) is 0 Å². The molecule has 1 saturated heterocycles. The highest BCUT2D eigenvalue weighted by Gasteiger charge is 2.26. The lowest BCUT2D eigenvalue weighted by Gasteiger charge is -2.26. The van der Waals surface area contributed by atoms with Crippen LogP contribution < -0.4 is 0 Å². The summed E-state index contributed by atoms with van der Waals surface area (Å²) in [6, 6.07) is 10.8. The summed E-state index contributed by atoms with van der Waals surface area (Å²) in [4.78, 5) is 24.2. The Morgan fingerprint density at radius 3 is 2.20 bits per heavy atom. The summed E-state index contributed by atoms with van der Waals surface area (Å²) in [5.41, 5.74) is 0.626. The first-order valence-electron chi connectivity index (χ1n) is 9.52. The van der Waals surface area contributed by atoms with Gasteiger partial charge in [-0.25, -0.2) is 17.6 Å². The molecule has 0 radical (unpaired) electrons. The number of morpholine rings is 1. The van der Waals surface area contributed by atoms with Crippen LogP contribution in [-0.4, -0.2) is 57.4 Å². The number of carbonyl (C=O) groups is 2. The van der Waals surface area contributed by atoms with E-state index < -0.39 is 21.8 Å². The zero-order valence-corrected chi connectivity index (χ0v) is 17.1. The molecular weight excluding hydrogens is 413 g/mol. The Hall–Kier alpha value is -2.62. The van der Waals surface area contributed by atoms with E-state index in [9.17, 15) is 22.4 Å². The van der Waals surface area contributed by atoms with Gasteiger partial charge in [-0.15, -0.1) is 0 Å². The zero-order valence-electron chi connectivity index (χ0n) is 16.3. The Morgan fingerprint density at radius 2 is 1.57 bits per heavy atom. The van der Waals surface area contributed by atoms with Gasteiger partial charge in [0.2, 0.25) is 10.0 Å². The van der Waals surface area contributed by atoms with Gasteiger partial charge in [0, 0.05) is 25.1 Å². The number of hydrogen-bond acceptors (Lipinski definition) is 6. The normalized spacial score (nSPS) is 15.0. The third-order valence-corrected chi connectivity index (χ3v) is 6.56. The highest BCUT2D eigenvalue weighted by atomic mass is 32.2. The van der Waals surface area contributed by atoms with E-state index in [2.05, 4.69) is 0 Å². The van der Waals surface area contributed by atoms with Crippen molar-refractivity contribution in [2.24, 2.45) is 0 Å². The van der Waals surface area contributed by atoms with E-state index in [0.29, 0.717) is 38.3 Å². The van der Waals surface area contributed by atoms with Gasteiger partial charge in [-0.1, -0.05) is 0 Å². The largest absolute Gasteiger partial charge is 0.462 e. The molecule has 1 aliphatic heterocycles. The second-order valence-electron chi connectivity index (χ2n) is 6.71. The number of hydrogen-bond donors (Lipinski definition) is 0. The van der Waals surface area contributed by atoms with Crippen molar-refractivity contribution in [2.45, 2.75) is 17.7 Å². The standard InChI is InChI=1S/C21H22FNO6S/c22-18-7-3-16(4-8-18)20(24)2-1-13-29-21(25)17-5-9-19(10-6-17)30(26,27)23-11-14-28-15-12-23/h3-10H,1-2,11-15H2. The van der Waals surface area contributed by atoms with E-state index in [1.165, 1.54) is 52.8 Å². The number of carbonyl (C=O) groups excluding carboxylic acids is 2. The Balaban J connectivity index is 1.48. The highest BCUT2D eigenvalue weighted by molar-refractivity contribution is 7.89. The van der Waals surface area contributed by atoms with Crippen LogP contribution in [0.2, 0.25) is 0 Å². The smallest absolute Gasteiger partial charge is 0.338 e. The number of halogens is 1. The fraction of sp³-hybridized carbons (Fsp3) is 0.333. The number of nitrogens with zero attached hydrogens (tertiary/aromatic N) is 1. The predicted octanol–water partition coefficient (Wildman–Crippen LogP) is 2.67. The minimum atomic E-state index is -3.62. The molecule has 2 aromatic rings. The third-order valence-electron chi connectivity index (χ3n) is 4.65. The molecule has 160 valence electrons. The van der Waals surface area contributed by atoms with Crippen molar-refractivity contribution in [3.8, 4) is 0 Å². The second kappa shape index (κ2) is 9.92. The molecule has 1 fully saturated rings. The first-order chi connectivity index (χ1) is 14.4. The Bertz CT molecular complexity index is 983. The molecule has 0 spiro atoms. The van der Waals surface area contributed by atoms with Crippen molar-refractivity contribution in [1.29, 1.82) is 0 Å². The molecule has 0 unspecified atom stereocenters. The molecule has 9 heteroatoms. The molecular formula is C21H22FNO6S. The quantitative estimate of drug-likeness (QED) is 0.360. The molecule has 3 rings (SSSR count). The SMILES string of the molecule is O=C(CCCOC(=O)c1ccc(S(=O)(=O)N2CCOCC2)cc1)c1ccc(F)cc1. The Labute approximate surface area is 174 Å². The van der Waals surface area contributed by atoms with Crippen LogP contribution >= 0.6 is 0 Å². The summed E-state index contributed by atoms with van der Waals surface area (Å²) in [7, 11) is -3.62. The average molecular weight is 435 g/mol. The summed E-state index contributed by atoms with van der Waals surface area (Å²) in [6.45, 7) is 1.34. The number of rotatable bonds is 8. The van der Waals surface area contributed by atoms with Crippen LogP contribution in [-0.2, 0) is 19.5 Å². The van der Waals surface area contributed by atoms with Crippen molar-refractivity contribution in [1.82, 2.24) is 4.31 Å². The van der Waals surface area contributed by atoms with E-state index in [4.69, 9.17) is 9.47 Å². The van der Waals surface area contributed by atoms with E-state index in [0.717, 1.165) is 0 Å². The highest BCUT2D eigenvalue weighted by Crippen LogP contribution is 2.18. The molecule has 0 atom stereocenters. The van der Waals surface area contributed by atoms with Gasteiger partial charge in [0.1, 0.15) is 5.82 Å². The van der Waals surface area contributed by atoms with Crippen molar-refractivity contribution < 1.29 is 31.9 Å². The van der Waals surface area contributed by atoms with Crippen LogP contribution in [0.1, 0.15) is 33.6 Å². The van der Waals surface area contributed by atoms with Crippen molar-refractivity contribution in [3.05, 3.63) is 65.5 Å². The van der Waals surface area contributed by atoms with Gasteiger partial charge in [-0.05, 0) is 55.0 Å². The molecule has 0 amide bonds. The lowest BCUT2D eigenvalue weighted by molar-refractivity contribution is 0.0494. The maximum atomic E-state index is 12.9. The molecule has 1 heterocycles. The summed E-state index contributed by atoms with van der Waals surface area (Å²) in [5, 5.41) is 0. The Morgan fingerprint density at radius 1 is 0.967 bits per heavy atom. The molecule has 1 aliphatic rings. The lowest BCUT2D eigenvalue weighted by atomic mass is 10.1. The van der Waals surface area contributed by atoms with Gasteiger partial charge in [0.25, 0.3) is 0 Å². The minimum absolute atomic E-state index is 0.0413. The predicted molar refractivity (Wildman–Crippen MR) is 106 cm³/mol. The van der Waals surface area contributed by atoms with Crippen LogP contribution in [0.15, 0.2) is 53.4 Å². The van der Waals surface area contributed by atoms with Gasteiger partial charge in [-0.2, -0.15) is 4.31 Å². The van der Waals surface area contributed by atoms with Gasteiger partial charge in [-0.3, -0.25) is 4.79 Å². The fourth-order valence-corrected chi connectivity index (χ4v) is 4.37. The summed E-state index contributed by atoms with van der Waals surface area (Å²) >= 11 is 0. The van der Waals surface area contributed by atoms with Crippen molar-refractivity contribution >= 4 is 21.8 Å². The first kappa shape index (κ1) is 22.1. The molecule has 0 aromatic heterocycles. The zero-order chi connectivity index (χ0) is 21.6. The summed E-state index contributed by atoms with van der Waals surface area (Å²) < 4.78 is 49.7. The molecule has 7 nitrogen and oxygen atoms in total. The van der Waals surface area contributed by atoms with E-state index in [-0.39, 0.29) is 29.3 Å². The number of ether oxygens (including phenoxy) is 2. The van der Waals surface area contributed by atoms with Crippen LogP contribution in [0.5, 0.6) is 0 Å². The van der Waals surface area contributed by atoms with Gasteiger partial charge >= 0.3 is 5.97 Å². The van der Waals surface area contributed by atoms with E-state index in [1.807, 2.05) is 0 Å². The topological polar surface area (TPSA) is 90.0 Å². The molecule has 0 bridgehead atoms. The number of Topliss-reactive ketones (excluding diaryl/α,β-unsaturated/α-hetero) is 1. The molecule has 2 aromatic carbocycles. The second-order valence-corrected chi connectivity index (χ2v) is 8.65. The monoisotopic (exact) mass is 435 g/mol. The van der Waals surface area contributed by atoms with Crippen LogP contribution in [0.3, 0.4) is 0 Å². The first-order valence-corrected chi connectivity index (χ1v) is 11.0. The van der Waals surface area contributed by atoms with Crippen molar-refractivity contribution in [3.63, 3.8) is 0 Å². The van der Waals surface area contributed by atoms with Crippen LogP contribution in [0, 0.1) is 5.82 Å². The number of esters is 1.